The van der Waals surface area contributed by atoms with Gasteiger partial charge in [0.15, 0.2) is 5.13 Å². The minimum absolute atomic E-state index is 0.0681. The van der Waals surface area contributed by atoms with Crippen LogP contribution in [0.3, 0.4) is 0 Å². The number of hydrogen-bond acceptors (Lipinski definition) is 6. The summed E-state index contributed by atoms with van der Waals surface area (Å²) in [6.07, 6.45) is 5.38. The molecule has 1 aliphatic rings. The van der Waals surface area contributed by atoms with Gasteiger partial charge in [-0.15, -0.1) is 11.3 Å². The third kappa shape index (κ3) is 4.18. The average molecular weight is 416 g/mol. The number of hydrogen-bond donors (Lipinski definition) is 2. The highest BCUT2D eigenvalue weighted by molar-refractivity contribution is 7.29. The molecule has 0 bridgehead atoms. The fourth-order valence-electron chi connectivity index (χ4n) is 3.34. The number of aromatic nitrogens is 1. The Kier molecular flexibility index (Phi) is 5.59. The normalized spacial score (nSPS) is 14.8. The first kappa shape index (κ1) is 18.9. The van der Waals surface area contributed by atoms with Crippen molar-refractivity contribution in [2.45, 2.75) is 32.1 Å². The molecule has 0 saturated heterocycles. The van der Waals surface area contributed by atoms with Crippen LogP contribution < -0.4 is 15.4 Å². The van der Waals surface area contributed by atoms with Crippen molar-refractivity contribution in [3.05, 3.63) is 35.2 Å². The van der Waals surface area contributed by atoms with Crippen LogP contribution in [-0.2, 0) is 4.79 Å². The maximum atomic E-state index is 12.5. The molecule has 146 valence electrons. The van der Waals surface area contributed by atoms with Gasteiger partial charge < -0.3 is 15.4 Å². The van der Waals surface area contributed by atoms with Gasteiger partial charge in [0.2, 0.25) is 5.91 Å². The summed E-state index contributed by atoms with van der Waals surface area (Å²) < 4.78 is 6.02. The van der Waals surface area contributed by atoms with Crippen molar-refractivity contribution < 1.29 is 14.3 Å². The summed E-state index contributed by atoms with van der Waals surface area (Å²) >= 11 is 2.74. The van der Waals surface area contributed by atoms with E-state index in [1.807, 2.05) is 6.07 Å². The Labute approximate surface area is 170 Å². The molecule has 6 nitrogen and oxygen atoms in total. The molecule has 1 aliphatic carbocycles. The van der Waals surface area contributed by atoms with Gasteiger partial charge >= 0.3 is 0 Å². The topological polar surface area (TPSA) is 80.3 Å². The molecule has 2 amide bonds. The third-order valence-corrected chi connectivity index (χ3v) is 6.94. The summed E-state index contributed by atoms with van der Waals surface area (Å²) in [6, 6.07) is 9.01. The number of thiazole rings is 1. The van der Waals surface area contributed by atoms with Crippen molar-refractivity contribution in [2.75, 3.05) is 17.7 Å². The summed E-state index contributed by atoms with van der Waals surface area (Å²) in [5.41, 5.74) is 0.705. The number of rotatable bonds is 5. The van der Waals surface area contributed by atoms with Gasteiger partial charge in [-0.3, -0.25) is 9.59 Å². The van der Waals surface area contributed by atoms with Gasteiger partial charge in [-0.2, -0.15) is 0 Å². The number of carbonyl (C=O) groups is 2. The number of thiophene rings is 1. The van der Waals surface area contributed by atoms with Crippen LogP contribution in [0.1, 0.15) is 41.8 Å². The number of fused-ring (bicyclic) bond motifs is 1. The Hall–Kier alpha value is -2.45. The van der Waals surface area contributed by atoms with Gasteiger partial charge in [-0.05, 0) is 43.2 Å². The zero-order valence-corrected chi connectivity index (χ0v) is 17.1. The van der Waals surface area contributed by atoms with Gasteiger partial charge in [0.25, 0.3) is 5.91 Å². The van der Waals surface area contributed by atoms with Gasteiger partial charge in [0.05, 0.1) is 16.7 Å². The molecule has 2 aromatic heterocycles. The number of ether oxygens (including phenoxy) is 1. The van der Waals surface area contributed by atoms with E-state index in [1.54, 1.807) is 31.4 Å². The van der Waals surface area contributed by atoms with Crippen molar-refractivity contribution in [1.29, 1.82) is 0 Å². The van der Waals surface area contributed by atoms with E-state index in [0.29, 0.717) is 15.7 Å². The Morgan fingerprint density at radius 1 is 1.07 bits per heavy atom. The summed E-state index contributed by atoms with van der Waals surface area (Å²) in [5.74, 6) is 0.731. The molecule has 1 aromatic carbocycles. The van der Waals surface area contributed by atoms with Gasteiger partial charge in [-0.25, -0.2) is 4.98 Å². The molecule has 0 aliphatic heterocycles. The van der Waals surface area contributed by atoms with Crippen LogP contribution in [-0.4, -0.2) is 23.9 Å². The van der Waals surface area contributed by atoms with Crippen LogP contribution in [0.4, 0.5) is 10.8 Å². The highest BCUT2D eigenvalue weighted by Crippen LogP contribution is 2.34. The fraction of sp³-hybridized carbons (Fsp3) is 0.350. The number of amides is 2. The van der Waals surface area contributed by atoms with Crippen LogP contribution in [0.5, 0.6) is 5.75 Å². The SMILES string of the molecule is COc1ccc(NC(=O)c2cc3sc(NC(=O)C4CCCCC4)nc3s2)cc1. The fourth-order valence-corrected chi connectivity index (χ4v) is 5.35. The maximum absolute atomic E-state index is 12.5. The molecule has 2 N–H and O–H groups in total. The van der Waals surface area contributed by atoms with Crippen molar-refractivity contribution in [3.8, 4) is 5.75 Å². The first-order chi connectivity index (χ1) is 13.6. The molecule has 0 radical (unpaired) electrons. The highest BCUT2D eigenvalue weighted by Gasteiger charge is 2.22. The molecule has 3 aromatic rings. The van der Waals surface area contributed by atoms with Crippen LogP contribution >= 0.6 is 22.7 Å². The second kappa shape index (κ2) is 8.28. The summed E-state index contributed by atoms with van der Waals surface area (Å²) in [6.45, 7) is 0. The molecular formula is C20H21N3O3S2. The molecule has 8 heteroatoms. The van der Waals surface area contributed by atoms with Crippen molar-refractivity contribution >= 4 is 54.8 Å². The quantitative estimate of drug-likeness (QED) is 0.605. The molecule has 1 fully saturated rings. The van der Waals surface area contributed by atoms with E-state index in [1.165, 1.54) is 29.1 Å². The van der Waals surface area contributed by atoms with Gasteiger partial charge in [0, 0.05) is 11.6 Å². The smallest absolute Gasteiger partial charge is 0.265 e. The van der Waals surface area contributed by atoms with Gasteiger partial charge in [0.1, 0.15) is 10.6 Å². The molecule has 0 atom stereocenters. The predicted molar refractivity (Wildman–Crippen MR) is 114 cm³/mol. The number of benzene rings is 1. The first-order valence-corrected chi connectivity index (χ1v) is 10.9. The van der Waals surface area contributed by atoms with E-state index in [0.717, 1.165) is 41.0 Å². The summed E-state index contributed by atoms with van der Waals surface area (Å²) in [7, 11) is 1.60. The monoisotopic (exact) mass is 415 g/mol. The Balaban J connectivity index is 1.41. The molecule has 1 saturated carbocycles. The number of methoxy groups -OCH3 is 1. The van der Waals surface area contributed by atoms with Crippen molar-refractivity contribution in [3.63, 3.8) is 0 Å². The molecule has 0 spiro atoms. The summed E-state index contributed by atoms with van der Waals surface area (Å²) in [4.78, 5) is 30.7. The third-order valence-electron chi connectivity index (χ3n) is 4.87. The van der Waals surface area contributed by atoms with E-state index < -0.39 is 0 Å². The maximum Gasteiger partial charge on any atom is 0.265 e. The van der Waals surface area contributed by atoms with Crippen molar-refractivity contribution in [2.24, 2.45) is 5.92 Å². The van der Waals surface area contributed by atoms with Crippen LogP contribution in [0.25, 0.3) is 9.53 Å². The van der Waals surface area contributed by atoms with E-state index >= 15 is 0 Å². The van der Waals surface area contributed by atoms with Gasteiger partial charge in [-0.1, -0.05) is 30.6 Å². The zero-order chi connectivity index (χ0) is 19.5. The van der Waals surface area contributed by atoms with E-state index in [2.05, 4.69) is 15.6 Å². The van der Waals surface area contributed by atoms with E-state index in [9.17, 15) is 9.59 Å². The Morgan fingerprint density at radius 2 is 1.82 bits per heavy atom. The zero-order valence-electron chi connectivity index (χ0n) is 15.5. The predicted octanol–water partition coefficient (Wildman–Crippen LogP) is 5.14. The number of nitrogens with zero attached hydrogens (tertiary/aromatic N) is 1. The minimum Gasteiger partial charge on any atom is -0.497 e. The lowest BCUT2D eigenvalue weighted by Gasteiger charge is -2.19. The van der Waals surface area contributed by atoms with E-state index in [4.69, 9.17) is 4.74 Å². The van der Waals surface area contributed by atoms with Crippen LogP contribution in [0, 0.1) is 5.92 Å². The first-order valence-electron chi connectivity index (χ1n) is 9.29. The molecule has 0 unspecified atom stereocenters. The second-order valence-electron chi connectivity index (χ2n) is 6.81. The largest absolute Gasteiger partial charge is 0.497 e. The average Bonchev–Trinajstić information content (AvgIpc) is 3.28. The molecule has 4 rings (SSSR count). The van der Waals surface area contributed by atoms with Crippen LogP contribution in [0.15, 0.2) is 30.3 Å². The molecule has 28 heavy (non-hydrogen) atoms. The lowest BCUT2D eigenvalue weighted by molar-refractivity contribution is -0.120. The second-order valence-corrected chi connectivity index (χ2v) is 8.87. The lowest BCUT2D eigenvalue weighted by Crippen LogP contribution is -2.24. The van der Waals surface area contributed by atoms with Crippen molar-refractivity contribution in [1.82, 2.24) is 4.98 Å². The standard InChI is InChI=1S/C20H21N3O3S2/c1-26-14-9-7-13(8-10-14)21-18(25)15-11-16-19(27-15)23-20(28-16)22-17(24)12-5-3-2-4-6-12/h7-12H,2-6H2,1H3,(H,21,25)(H,22,23,24). The number of carbonyl (C=O) groups excluding carboxylic acids is 2. The number of anilines is 2. The summed E-state index contributed by atoms with van der Waals surface area (Å²) in [5, 5.41) is 6.43. The molecule has 2 heterocycles. The minimum atomic E-state index is -0.173. The lowest BCUT2D eigenvalue weighted by atomic mass is 9.89. The van der Waals surface area contributed by atoms with Crippen LogP contribution in [0.2, 0.25) is 0 Å². The molecular weight excluding hydrogens is 394 g/mol. The Morgan fingerprint density at radius 3 is 2.50 bits per heavy atom. The highest BCUT2D eigenvalue weighted by atomic mass is 32.1. The Bertz CT molecular complexity index is 956. The number of nitrogens with one attached hydrogen (secondary N) is 2. The van der Waals surface area contributed by atoms with E-state index in [-0.39, 0.29) is 17.7 Å².